The molecule has 106 valence electrons. The molecule has 0 aliphatic rings. The van der Waals surface area contributed by atoms with Crippen LogP contribution in [0.15, 0.2) is 12.7 Å². The van der Waals surface area contributed by atoms with Crippen LogP contribution in [0.1, 0.15) is 34.1 Å². The van der Waals surface area contributed by atoms with Gasteiger partial charge in [0.1, 0.15) is 12.4 Å². The third-order valence-electron chi connectivity index (χ3n) is 2.14. The Morgan fingerprint density at radius 2 is 2.06 bits per heavy atom. The van der Waals surface area contributed by atoms with Crippen molar-refractivity contribution in [3.8, 4) is 0 Å². The Morgan fingerprint density at radius 3 is 2.44 bits per heavy atom. The highest BCUT2D eigenvalue weighted by Gasteiger charge is 2.23. The Kier molecular flexibility index (Phi) is 7.62. The van der Waals surface area contributed by atoms with Crippen molar-refractivity contribution in [2.24, 2.45) is 0 Å². The Hall–Kier alpha value is -1.07. The largest absolute Gasteiger partial charge is 0.444 e. The lowest BCUT2D eigenvalue weighted by Crippen LogP contribution is -2.45. The van der Waals surface area contributed by atoms with Crippen molar-refractivity contribution < 1.29 is 19.0 Å². The van der Waals surface area contributed by atoms with Crippen LogP contribution in [0.25, 0.3) is 0 Å². The maximum atomic E-state index is 11.7. The highest BCUT2D eigenvalue weighted by molar-refractivity contribution is 5.68. The van der Waals surface area contributed by atoms with Crippen molar-refractivity contribution in [3.63, 3.8) is 0 Å². The number of carbonyl (C=O) groups is 1. The van der Waals surface area contributed by atoms with Crippen molar-refractivity contribution >= 4 is 6.09 Å². The topological polar surface area (TPSA) is 56.8 Å². The number of alkyl carbamates (subject to hydrolysis) is 1. The van der Waals surface area contributed by atoms with Gasteiger partial charge in [0.05, 0.1) is 12.1 Å². The van der Waals surface area contributed by atoms with Gasteiger partial charge in [0, 0.05) is 7.11 Å². The predicted octanol–water partition coefficient (Wildman–Crippen LogP) is 2.46. The first kappa shape index (κ1) is 16.9. The fourth-order valence-electron chi connectivity index (χ4n) is 1.38. The lowest BCUT2D eigenvalue weighted by molar-refractivity contribution is -0.0795. The zero-order chi connectivity index (χ0) is 14.2. The minimum absolute atomic E-state index is 0.179. The zero-order valence-electron chi connectivity index (χ0n) is 12.0. The van der Waals surface area contributed by atoms with E-state index in [-0.39, 0.29) is 18.9 Å². The van der Waals surface area contributed by atoms with Gasteiger partial charge in [-0.1, -0.05) is 13.0 Å². The van der Waals surface area contributed by atoms with Gasteiger partial charge >= 0.3 is 6.09 Å². The minimum atomic E-state index is -0.523. The van der Waals surface area contributed by atoms with Crippen LogP contribution in [-0.2, 0) is 14.2 Å². The molecule has 0 heterocycles. The van der Waals surface area contributed by atoms with Gasteiger partial charge in [0.25, 0.3) is 0 Å². The number of nitrogens with one attached hydrogen (secondary N) is 1. The molecule has 0 rings (SSSR count). The van der Waals surface area contributed by atoms with E-state index in [0.29, 0.717) is 0 Å². The summed E-state index contributed by atoms with van der Waals surface area (Å²) in [6.45, 7) is 11.3. The summed E-state index contributed by atoms with van der Waals surface area (Å²) in [6, 6.07) is -0.306. The van der Waals surface area contributed by atoms with Gasteiger partial charge in [-0.3, -0.25) is 0 Å². The normalized spacial score (nSPS) is 14.7. The molecule has 0 bridgehead atoms. The third kappa shape index (κ3) is 7.29. The molecule has 5 heteroatoms. The van der Waals surface area contributed by atoms with E-state index in [9.17, 15) is 4.79 Å². The second-order valence-corrected chi connectivity index (χ2v) is 4.93. The number of hydrogen-bond acceptors (Lipinski definition) is 4. The van der Waals surface area contributed by atoms with Gasteiger partial charge in [0.2, 0.25) is 0 Å². The summed E-state index contributed by atoms with van der Waals surface area (Å²) in [5.41, 5.74) is -0.523. The molecule has 0 aromatic rings. The van der Waals surface area contributed by atoms with Crippen LogP contribution < -0.4 is 5.32 Å². The molecule has 18 heavy (non-hydrogen) atoms. The molecule has 0 unspecified atom stereocenters. The first-order valence-electron chi connectivity index (χ1n) is 6.06. The van der Waals surface area contributed by atoms with E-state index in [2.05, 4.69) is 11.9 Å². The molecule has 0 aliphatic carbocycles. The van der Waals surface area contributed by atoms with E-state index < -0.39 is 11.7 Å². The monoisotopic (exact) mass is 259 g/mol. The summed E-state index contributed by atoms with van der Waals surface area (Å²) < 4.78 is 15.5. The van der Waals surface area contributed by atoms with Gasteiger partial charge in [-0.15, -0.1) is 6.58 Å². The van der Waals surface area contributed by atoms with E-state index in [0.717, 1.165) is 6.42 Å². The predicted molar refractivity (Wildman–Crippen MR) is 70.4 cm³/mol. The van der Waals surface area contributed by atoms with Gasteiger partial charge in [-0.25, -0.2) is 4.79 Å². The number of hydrogen-bond donors (Lipinski definition) is 1. The van der Waals surface area contributed by atoms with E-state index in [1.165, 1.54) is 0 Å². The average Bonchev–Trinajstić information content (AvgIpc) is 2.25. The zero-order valence-corrected chi connectivity index (χ0v) is 12.0. The molecule has 1 N–H and O–H groups in total. The van der Waals surface area contributed by atoms with Gasteiger partial charge in [-0.05, 0) is 27.2 Å². The number of amides is 1. The van der Waals surface area contributed by atoms with Gasteiger partial charge in [-0.2, -0.15) is 0 Å². The molecular weight excluding hydrogens is 234 g/mol. The van der Waals surface area contributed by atoms with Crippen LogP contribution in [-0.4, -0.2) is 37.7 Å². The van der Waals surface area contributed by atoms with Crippen LogP contribution in [0.4, 0.5) is 4.79 Å². The summed E-state index contributed by atoms with van der Waals surface area (Å²) in [4.78, 5) is 11.7. The first-order chi connectivity index (χ1) is 8.34. The summed E-state index contributed by atoms with van der Waals surface area (Å²) in [7, 11) is 1.55. The SMILES string of the molecule is C=C[C@H](NC(=O)OC(C)(C)C)[C@@H](CC)OCOC. The molecule has 1 amide bonds. The molecule has 0 radical (unpaired) electrons. The number of ether oxygens (including phenoxy) is 3. The molecule has 0 saturated carbocycles. The highest BCUT2D eigenvalue weighted by Crippen LogP contribution is 2.10. The van der Waals surface area contributed by atoms with E-state index in [1.807, 2.05) is 27.7 Å². The van der Waals surface area contributed by atoms with Crippen molar-refractivity contribution in [3.05, 3.63) is 12.7 Å². The summed E-state index contributed by atoms with van der Waals surface area (Å²) >= 11 is 0. The summed E-state index contributed by atoms with van der Waals surface area (Å²) in [6.07, 6.45) is 1.70. The average molecular weight is 259 g/mol. The number of methoxy groups -OCH3 is 1. The lowest BCUT2D eigenvalue weighted by atomic mass is 10.1. The molecule has 0 aromatic carbocycles. The van der Waals surface area contributed by atoms with Gasteiger partial charge < -0.3 is 19.5 Å². The second kappa shape index (κ2) is 8.11. The molecule has 2 atom stereocenters. The highest BCUT2D eigenvalue weighted by atomic mass is 16.7. The van der Waals surface area contributed by atoms with Crippen molar-refractivity contribution in [2.75, 3.05) is 13.9 Å². The molecule has 0 aromatic heterocycles. The fourth-order valence-corrected chi connectivity index (χ4v) is 1.38. The first-order valence-corrected chi connectivity index (χ1v) is 6.06. The van der Waals surface area contributed by atoms with Crippen LogP contribution >= 0.6 is 0 Å². The Labute approximate surface area is 109 Å². The Bertz CT molecular complexity index is 260. The van der Waals surface area contributed by atoms with E-state index in [4.69, 9.17) is 14.2 Å². The molecule has 0 fully saturated rings. The smallest absolute Gasteiger partial charge is 0.408 e. The van der Waals surface area contributed by atoms with Crippen LogP contribution in [0.2, 0.25) is 0 Å². The second-order valence-electron chi connectivity index (χ2n) is 4.93. The maximum Gasteiger partial charge on any atom is 0.408 e. The van der Waals surface area contributed by atoms with Crippen molar-refractivity contribution in [1.29, 1.82) is 0 Å². The number of rotatable bonds is 7. The summed E-state index contributed by atoms with van der Waals surface area (Å²) in [5.74, 6) is 0. The van der Waals surface area contributed by atoms with Crippen LogP contribution in [0.5, 0.6) is 0 Å². The molecule has 0 saturated heterocycles. The molecule has 0 spiro atoms. The minimum Gasteiger partial charge on any atom is -0.444 e. The van der Waals surface area contributed by atoms with Crippen molar-refractivity contribution in [2.45, 2.75) is 51.9 Å². The third-order valence-corrected chi connectivity index (χ3v) is 2.14. The van der Waals surface area contributed by atoms with E-state index >= 15 is 0 Å². The Morgan fingerprint density at radius 1 is 1.44 bits per heavy atom. The van der Waals surface area contributed by atoms with Gasteiger partial charge in [0.15, 0.2) is 0 Å². The van der Waals surface area contributed by atoms with Crippen LogP contribution in [0, 0.1) is 0 Å². The Balaban J connectivity index is 4.38. The lowest BCUT2D eigenvalue weighted by Gasteiger charge is -2.26. The molecular formula is C13H25NO4. The van der Waals surface area contributed by atoms with E-state index in [1.54, 1.807) is 13.2 Å². The molecule has 5 nitrogen and oxygen atoms in total. The van der Waals surface area contributed by atoms with Crippen LogP contribution in [0.3, 0.4) is 0 Å². The maximum absolute atomic E-state index is 11.7. The quantitative estimate of drug-likeness (QED) is 0.563. The summed E-state index contributed by atoms with van der Waals surface area (Å²) in [5, 5.41) is 2.72. The fraction of sp³-hybridized carbons (Fsp3) is 0.769. The number of carbonyl (C=O) groups excluding carboxylic acids is 1. The standard InChI is InChI=1S/C13H25NO4/c1-7-10(11(8-2)17-9-16-6)14-12(15)18-13(3,4)5/h7,10-11H,1,8-9H2,2-6H3,(H,14,15)/t10-,11+/m0/s1. The molecule has 0 aliphatic heterocycles. The van der Waals surface area contributed by atoms with Crippen molar-refractivity contribution in [1.82, 2.24) is 5.32 Å².